The zero-order valence-electron chi connectivity index (χ0n) is 12.3. The molecule has 0 unspecified atom stereocenters. The Labute approximate surface area is 118 Å². The smallest absolute Gasteiger partial charge is 0.311 e. The van der Waals surface area contributed by atoms with Crippen LogP contribution in [0.15, 0.2) is 0 Å². The third-order valence-electron chi connectivity index (χ3n) is 5.97. The van der Waals surface area contributed by atoms with E-state index in [-0.39, 0.29) is 17.8 Å². The molecule has 5 fully saturated rings. The van der Waals surface area contributed by atoms with Gasteiger partial charge in [0, 0.05) is 18.3 Å². The molecule has 2 bridgehead atoms. The van der Waals surface area contributed by atoms with Crippen molar-refractivity contribution in [1.82, 2.24) is 0 Å². The Bertz CT molecular complexity index is 452. The van der Waals surface area contributed by atoms with Crippen molar-refractivity contribution in [3.8, 4) is 0 Å². The molecule has 1 saturated carbocycles. The van der Waals surface area contributed by atoms with Crippen LogP contribution in [-0.2, 0) is 24.0 Å². The van der Waals surface area contributed by atoms with Gasteiger partial charge in [-0.15, -0.1) is 0 Å². The molecule has 4 heterocycles. The van der Waals surface area contributed by atoms with Crippen LogP contribution in [0.3, 0.4) is 0 Å². The molecule has 5 nitrogen and oxygen atoms in total. The van der Waals surface area contributed by atoms with E-state index >= 15 is 0 Å². The standard InChI is InChI=1S/C15H22O5/c1-8-4-5-11-9(2)12(16)17-13-15(11)10(8)6-7-14(3,18-13)19-20-15/h8-11,13H,4-7H2,1-3H3/t8-,9-,10-,11-,13-,14-,15+/m0/s1. The molecule has 0 aromatic heterocycles. The SMILES string of the molecule is C[C@@H]1C(=O)O[C@H]2O[C@]3(C)CC[C@H]4[C@@H](C)CC[C@@H]1[C@@]24OO3. The number of fused-ring (bicyclic) bond motifs is 2. The second kappa shape index (κ2) is 3.96. The van der Waals surface area contributed by atoms with Crippen molar-refractivity contribution in [3.63, 3.8) is 0 Å². The highest BCUT2D eigenvalue weighted by molar-refractivity contribution is 5.74. The lowest BCUT2D eigenvalue weighted by atomic mass is 9.58. The van der Waals surface area contributed by atoms with Crippen molar-refractivity contribution in [2.75, 3.05) is 0 Å². The Balaban J connectivity index is 1.84. The van der Waals surface area contributed by atoms with Crippen LogP contribution in [0.5, 0.6) is 0 Å². The highest BCUT2D eigenvalue weighted by Gasteiger charge is 2.69. The molecule has 112 valence electrons. The molecule has 0 aromatic carbocycles. The summed E-state index contributed by atoms with van der Waals surface area (Å²) in [5.74, 6) is -0.137. The third-order valence-corrected chi connectivity index (χ3v) is 5.97. The first-order valence-corrected chi connectivity index (χ1v) is 7.71. The van der Waals surface area contributed by atoms with Gasteiger partial charge in [0.25, 0.3) is 0 Å². The Kier molecular flexibility index (Phi) is 2.58. The Morgan fingerprint density at radius 1 is 1.10 bits per heavy atom. The van der Waals surface area contributed by atoms with Crippen molar-refractivity contribution in [2.45, 2.75) is 64.1 Å². The van der Waals surface area contributed by atoms with Crippen LogP contribution in [-0.4, -0.2) is 23.6 Å². The maximum atomic E-state index is 12.1. The first-order valence-electron chi connectivity index (χ1n) is 7.71. The van der Waals surface area contributed by atoms with E-state index in [0.717, 1.165) is 25.7 Å². The largest absolute Gasteiger partial charge is 0.432 e. The maximum absolute atomic E-state index is 12.1. The Morgan fingerprint density at radius 2 is 1.90 bits per heavy atom. The Morgan fingerprint density at radius 3 is 2.70 bits per heavy atom. The van der Waals surface area contributed by atoms with Crippen molar-refractivity contribution in [2.24, 2.45) is 23.7 Å². The van der Waals surface area contributed by atoms with Gasteiger partial charge in [0.2, 0.25) is 12.1 Å². The highest BCUT2D eigenvalue weighted by Crippen LogP contribution is 2.59. The van der Waals surface area contributed by atoms with E-state index in [9.17, 15) is 4.79 Å². The third kappa shape index (κ3) is 1.46. The van der Waals surface area contributed by atoms with Gasteiger partial charge >= 0.3 is 5.97 Å². The normalized spacial score (nSPS) is 57.8. The zero-order chi connectivity index (χ0) is 14.1. The van der Waals surface area contributed by atoms with Crippen molar-refractivity contribution >= 4 is 5.97 Å². The van der Waals surface area contributed by atoms with E-state index in [0.29, 0.717) is 11.8 Å². The second-order valence-electron chi connectivity index (χ2n) is 7.14. The monoisotopic (exact) mass is 282 g/mol. The van der Waals surface area contributed by atoms with Gasteiger partial charge in [-0.2, -0.15) is 0 Å². The maximum Gasteiger partial charge on any atom is 0.311 e. The lowest BCUT2D eigenvalue weighted by Crippen LogP contribution is -2.69. The number of carbonyl (C=O) groups excluding carboxylic acids is 1. The van der Waals surface area contributed by atoms with Gasteiger partial charge in [-0.3, -0.25) is 4.79 Å². The van der Waals surface area contributed by atoms with E-state index in [1.807, 2.05) is 13.8 Å². The van der Waals surface area contributed by atoms with Crippen molar-refractivity contribution in [1.29, 1.82) is 0 Å². The van der Waals surface area contributed by atoms with Gasteiger partial charge in [0.15, 0.2) is 5.60 Å². The summed E-state index contributed by atoms with van der Waals surface area (Å²) in [6.45, 7) is 6.06. The van der Waals surface area contributed by atoms with Gasteiger partial charge in [0.05, 0.1) is 5.92 Å². The molecule has 1 aliphatic carbocycles. The van der Waals surface area contributed by atoms with E-state index in [1.54, 1.807) is 0 Å². The molecule has 7 atom stereocenters. The molecule has 4 aliphatic heterocycles. The molecule has 20 heavy (non-hydrogen) atoms. The average molecular weight is 282 g/mol. The molecule has 0 radical (unpaired) electrons. The first kappa shape index (κ1) is 13.0. The van der Waals surface area contributed by atoms with E-state index in [2.05, 4.69) is 6.92 Å². The minimum absolute atomic E-state index is 0.123. The van der Waals surface area contributed by atoms with E-state index in [4.69, 9.17) is 19.2 Å². The average Bonchev–Trinajstić information content (AvgIpc) is 2.63. The van der Waals surface area contributed by atoms with Crippen LogP contribution in [0, 0.1) is 23.7 Å². The fraction of sp³-hybridized carbons (Fsp3) is 0.933. The van der Waals surface area contributed by atoms with Gasteiger partial charge in [-0.05, 0) is 32.1 Å². The quantitative estimate of drug-likeness (QED) is 0.504. The van der Waals surface area contributed by atoms with Gasteiger partial charge in [0.1, 0.15) is 0 Å². The molecule has 4 saturated heterocycles. The number of carbonyl (C=O) groups is 1. The summed E-state index contributed by atoms with van der Waals surface area (Å²) >= 11 is 0. The predicted molar refractivity (Wildman–Crippen MR) is 68.0 cm³/mol. The fourth-order valence-electron chi connectivity index (χ4n) is 4.76. The van der Waals surface area contributed by atoms with Crippen LogP contribution >= 0.6 is 0 Å². The molecular formula is C15H22O5. The number of hydrogen-bond donors (Lipinski definition) is 0. The lowest BCUT2D eigenvalue weighted by molar-refractivity contribution is -0.559. The summed E-state index contributed by atoms with van der Waals surface area (Å²) < 4.78 is 11.6. The van der Waals surface area contributed by atoms with E-state index in [1.165, 1.54) is 0 Å². The predicted octanol–water partition coefficient (Wildman–Crippen LogP) is 2.39. The minimum atomic E-state index is -0.793. The molecule has 5 heteroatoms. The second-order valence-corrected chi connectivity index (χ2v) is 7.14. The molecule has 5 rings (SSSR count). The van der Waals surface area contributed by atoms with Crippen LogP contribution < -0.4 is 0 Å². The van der Waals surface area contributed by atoms with Gasteiger partial charge in [-0.25, -0.2) is 9.78 Å². The molecule has 5 aliphatic rings. The number of rotatable bonds is 0. The van der Waals surface area contributed by atoms with Crippen LogP contribution in [0.4, 0.5) is 0 Å². The summed E-state index contributed by atoms with van der Waals surface area (Å²) in [6.07, 6.45) is 3.24. The number of ether oxygens (including phenoxy) is 2. The molecular weight excluding hydrogens is 260 g/mol. The summed E-state index contributed by atoms with van der Waals surface area (Å²) in [4.78, 5) is 23.7. The zero-order valence-corrected chi connectivity index (χ0v) is 12.3. The van der Waals surface area contributed by atoms with Gasteiger partial charge in [-0.1, -0.05) is 13.8 Å². The summed E-state index contributed by atoms with van der Waals surface area (Å²) in [6, 6.07) is 0. The van der Waals surface area contributed by atoms with Crippen molar-refractivity contribution < 1.29 is 24.0 Å². The molecule has 0 amide bonds. The molecule has 0 aromatic rings. The van der Waals surface area contributed by atoms with E-state index < -0.39 is 17.7 Å². The lowest BCUT2D eigenvalue weighted by Gasteiger charge is -2.57. The first-order chi connectivity index (χ1) is 9.46. The van der Waals surface area contributed by atoms with Crippen LogP contribution in [0.25, 0.3) is 0 Å². The summed E-state index contributed by atoms with van der Waals surface area (Å²) in [7, 11) is 0. The van der Waals surface area contributed by atoms with Crippen LogP contribution in [0.1, 0.15) is 46.5 Å². The van der Waals surface area contributed by atoms with Crippen molar-refractivity contribution in [3.05, 3.63) is 0 Å². The fourth-order valence-corrected chi connectivity index (χ4v) is 4.76. The summed E-state index contributed by atoms with van der Waals surface area (Å²) in [5.41, 5.74) is -0.610. The summed E-state index contributed by atoms with van der Waals surface area (Å²) in [5, 5.41) is 0. The highest BCUT2D eigenvalue weighted by atomic mass is 17.3. The number of esters is 1. The number of hydrogen-bond acceptors (Lipinski definition) is 5. The van der Waals surface area contributed by atoms with Gasteiger partial charge < -0.3 is 9.47 Å². The minimum Gasteiger partial charge on any atom is -0.432 e. The molecule has 1 spiro atoms. The van der Waals surface area contributed by atoms with Crippen LogP contribution in [0.2, 0.25) is 0 Å². The Hall–Kier alpha value is -0.650. The molecule has 0 N–H and O–H groups in total. The topological polar surface area (TPSA) is 54.0 Å².